The molecule has 1 N–H and O–H groups in total. The molecule has 0 spiro atoms. The number of hydrogen-bond acceptors (Lipinski definition) is 3. The number of rotatable bonds is 1. The van der Waals surface area contributed by atoms with Crippen molar-refractivity contribution < 1.29 is 14.6 Å². The van der Waals surface area contributed by atoms with Crippen molar-refractivity contribution >= 4 is 5.97 Å². The van der Waals surface area contributed by atoms with Crippen molar-refractivity contribution in [1.82, 2.24) is 0 Å². The van der Waals surface area contributed by atoms with Gasteiger partial charge in [0.1, 0.15) is 6.10 Å². The summed E-state index contributed by atoms with van der Waals surface area (Å²) in [6.45, 7) is 3.86. The first kappa shape index (κ1) is 8.53. The van der Waals surface area contributed by atoms with Gasteiger partial charge in [-0.25, -0.2) is 0 Å². The summed E-state index contributed by atoms with van der Waals surface area (Å²) < 4.78 is 5.02. The van der Waals surface area contributed by atoms with Gasteiger partial charge in [-0.1, -0.05) is 13.8 Å². The van der Waals surface area contributed by atoms with Crippen molar-refractivity contribution in [3.8, 4) is 0 Å². The Morgan fingerprint density at radius 3 is 2.91 bits per heavy atom. The fourth-order valence-electron chi connectivity index (χ4n) is 1.38. The number of aliphatic hydroxyl groups excluding tert-OH is 1. The van der Waals surface area contributed by atoms with Crippen LogP contribution in [0.3, 0.4) is 0 Å². The Hall–Kier alpha value is -0.570. The summed E-state index contributed by atoms with van der Waals surface area (Å²) >= 11 is 0. The molecule has 0 saturated carbocycles. The lowest BCUT2D eigenvalue weighted by atomic mass is 9.92. The minimum atomic E-state index is -0.513. The topological polar surface area (TPSA) is 46.5 Å². The maximum Gasteiger partial charge on any atom is 0.308 e. The van der Waals surface area contributed by atoms with Crippen LogP contribution in [-0.4, -0.2) is 23.3 Å². The van der Waals surface area contributed by atoms with E-state index in [2.05, 4.69) is 0 Å². The van der Waals surface area contributed by atoms with Crippen LogP contribution in [0.5, 0.6) is 0 Å². The fraction of sp³-hybridized carbons (Fsp3) is 0.875. The molecule has 1 fully saturated rings. The van der Waals surface area contributed by atoms with Crippen LogP contribution in [0.1, 0.15) is 26.7 Å². The van der Waals surface area contributed by atoms with Gasteiger partial charge >= 0.3 is 5.97 Å². The molecule has 1 rings (SSSR count). The Bertz CT molecular complexity index is 155. The highest BCUT2D eigenvalue weighted by Gasteiger charge is 2.33. The molecule has 1 aliphatic rings. The number of carbonyl (C=O) groups is 1. The van der Waals surface area contributed by atoms with E-state index >= 15 is 0 Å². The molecule has 3 atom stereocenters. The summed E-state index contributed by atoms with van der Waals surface area (Å²) in [6.07, 6.45) is 0.328. The molecule has 64 valence electrons. The number of hydrogen-bond donors (Lipinski definition) is 1. The third-order valence-corrected chi connectivity index (χ3v) is 2.25. The molecule has 0 aromatic carbocycles. The lowest BCUT2D eigenvalue weighted by molar-refractivity contribution is -0.167. The van der Waals surface area contributed by atoms with Crippen molar-refractivity contribution in [2.75, 3.05) is 0 Å². The number of aliphatic hydroxyl groups is 1. The minimum absolute atomic E-state index is 0.0812. The Kier molecular flexibility index (Phi) is 2.49. The molecule has 0 amide bonds. The van der Waals surface area contributed by atoms with Gasteiger partial charge in [-0.15, -0.1) is 0 Å². The zero-order valence-corrected chi connectivity index (χ0v) is 6.91. The van der Waals surface area contributed by atoms with Gasteiger partial charge in [-0.2, -0.15) is 0 Å². The molecule has 0 bridgehead atoms. The van der Waals surface area contributed by atoms with E-state index in [-0.39, 0.29) is 24.4 Å². The molecule has 11 heavy (non-hydrogen) atoms. The molecule has 0 aromatic rings. The predicted molar refractivity (Wildman–Crippen MR) is 40.0 cm³/mol. The maximum absolute atomic E-state index is 10.8. The van der Waals surface area contributed by atoms with Crippen LogP contribution >= 0.6 is 0 Å². The van der Waals surface area contributed by atoms with Gasteiger partial charge in [0.15, 0.2) is 0 Å². The Morgan fingerprint density at radius 2 is 2.36 bits per heavy atom. The predicted octanol–water partition coefficient (Wildman–Crippen LogP) is 0.709. The number of esters is 1. The first-order valence-electron chi connectivity index (χ1n) is 4.02. The van der Waals surface area contributed by atoms with Gasteiger partial charge in [0, 0.05) is 5.92 Å². The first-order valence-corrected chi connectivity index (χ1v) is 4.02. The number of ether oxygens (including phenoxy) is 1. The van der Waals surface area contributed by atoms with Crippen molar-refractivity contribution in [3.05, 3.63) is 0 Å². The SMILES string of the molecule is CC[C@@H]1OC(=O)C[C@H](O)[C@H]1C. The van der Waals surface area contributed by atoms with E-state index in [4.69, 9.17) is 4.74 Å². The molecule has 0 aromatic heterocycles. The first-order chi connectivity index (χ1) is 5.15. The third kappa shape index (κ3) is 1.71. The lowest BCUT2D eigenvalue weighted by Gasteiger charge is -2.31. The van der Waals surface area contributed by atoms with E-state index < -0.39 is 6.10 Å². The highest BCUT2D eigenvalue weighted by molar-refractivity contribution is 5.71. The van der Waals surface area contributed by atoms with Crippen molar-refractivity contribution in [2.45, 2.75) is 38.9 Å². The summed E-state index contributed by atoms with van der Waals surface area (Å²) in [5.74, 6) is -0.194. The van der Waals surface area contributed by atoms with Gasteiger partial charge in [0.05, 0.1) is 12.5 Å². The lowest BCUT2D eigenvalue weighted by Crippen LogP contribution is -2.40. The zero-order chi connectivity index (χ0) is 8.43. The van der Waals surface area contributed by atoms with Crippen LogP contribution in [0, 0.1) is 5.92 Å². The molecule has 3 nitrogen and oxygen atoms in total. The normalized spacial score (nSPS) is 38.5. The van der Waals surface area contributed by atoms with Crippen molar-refractivity contribution in [1.29, 1.82) is 0 Å². The van der Waals surface area contributed by atoms with E-state index in [9.17, 15) is 9.90 Å². The molecular weight excluding hydrogens is 144 g/mol. The van der Waals surface area contributed by atoms with E-state index in [0.717, 1.165) is 6.42 Å². The Balaban J connectivity index is 2.58. The molecule has 3 heteroatoms. The molecule has 1 heterocycles. The average Bonchev–Trinajstić information content (AvgIpc) is 1.96. The molecule has 0 unspecified atom stereocenters. The standard InChI is InChI=1S/C8H14O3/c1-3-7-5(2)6(9)4-8(10)11-7/h5-7,9H,3-4H2,1-2H3/t5-,6+,7+/m1/s1. The summed E-state index contributed by atoms with van der Waals surface area (Å²) in [4.78, 5) is 10.8. The van der Waals surface area contributed by atoms with Gasteiger partial charge in [-0.05, 0) is 6.42 Å². The summed E-state index contributed by atoms with van der Waals surface area (Å²) in [7, 11) is 0. The van der Waals surface area contributed by atoms with E-state index in [1.54, 1.807) is 0 Å². The average molecular weight is 158 g/mol. The van der Waals surface area contributed by atoms with E-state index in [1.165, 1.54) is 0 Å². The smallest absolute Gasteiger partial charge is 0.308 e. The fourth-order valence-corrected chi connectivity index (χ4v) is 1.38. The van der Waals surface area contributed by atoms with Gasteiger partial charge in [-0.3, -0.25) is 4.79 Å². The largest absolute Gasteiger partial charge is 0.462 e. The summed E-state index contributed by atoms with van der Waals surface area (Å²) in [5.41, 5.74) is 0. The third-order valence-electron chi connectivity index (χ3n) is 2.25. The zero-order valence-electron chi connectivity index (χ0n) is 6.91. The summed E-state index contributed by atoms with van der Waals surface area (Å²) in [6, 6.07) is 0. The molecule has 0 aliphatic carbocycles. The second kappa shape index (κ2) is 3.22. The summed E-state index contributed by atoms with van der Waals surface area (Å²) in [5, 5.41) is 9.35. The van der Waals surface area contributed by atoms with Crippen LogP contribution in [0.15, 0.2) is 0 Å². The quantitative estimate of drug-likeness (QED) is 0.572. The van der Waals surface area contributed by atoms with E-state index in [0.29, 0.717) is 0 Å². The second-order valence-corrected chi connectivity index (χ2v) is 3.07. The van der Waals surface area contributed by atoms with Crippen LogP contribution in [-0.2, 0) is 9.53 Å². The van der Waals surface area contributed by atoms with Crippen LogP contribution in [0.2, 0.25) is 0 Å². The van der Waals surface area contributed by atoms with Crippen LogP contribution < -0.4 is 0 Å². The maximum atomic E-state index is 10.8. The molecular formula is C8H14O3. The van der Waals surface area contributed by atoms with Crippen molar-refractivity contribution in [2.24, 2.45) is 5.92 Å². The second-order valence-electron chi connectivity index (χ2n) is 3.07. The molecule has 0 radical (unpaired) electrons. The van der Waals surface area contributed by atoms with Gasteiger partial charge in [0.25, 0.3) is 0 Å². The molecule has 1 saturated heterocycles. The monoisotopic (exact) mass is 158 g/mol. The Morgan fingerprint density at radius 1 is 1.73 bits per heavy atom. The highest BCUT2D eigenvalue weighted by atomic mass is 16.5. The highest BCUT2D eigenvalue weighted by Crippen LogP contribution is 2.23. The molecule has 1 aliphatic heterocycles. The van der Waals surface area contributed by atoms with Crippen LogP contribution in [0.25, 0.3) is 0 Å². The number of carbonyl (C=O) groups excluding carboxylic acids is 1. The van der Waals surface area contributed by atoms with Crippen molar-refractivity contribution in [3.63, 3.8) is 0 Å². The van der Waals surface area contributed by atoms with Crippen LogP contribution in [0.4, 0.5) is 0 Å². The Labute approximate surface area is 66.4 Å². The van der Waals surface area contributed by atoms with Gasteiger partial charge < -0.3 is 9.84 Å². The van der Waals surface area contributed by atoms with E-state index in [1.807, 2.05) is 13.8 Å². The minimum Gasteiger partial charge on any atom is -0.462 e. The van der Waals surface area contributed by atoms with Gasteiger partial charge in [0.2, 0.25) is 0 Å². The number of cyclic esters (lactones) is 1.